The third kappa shape index (κ3) is 4.73. The van der Waals surface area contributed by atoms with Gasteiger partial charge in [-0.3, -0.25) is 19.2 Å². The Kier molecular flexibility index (Phi) is 6.80. The SMILES string of the molecule is COS(=O)(=O)c1ccc(C2CN(c3ccc([C@@H]4CCS[C@@H](O)C4)c(F)c3)C(=O)O2)c([N+](=O)[O-])c1. The molecule has 182 valence electrons. The number of aliphatic hydroxyl groups excluding tert-OH is 1. The summed E-state index contributed by atoms with van der Waals surface area (Å²) in [5.74, 6) is 0.0715. The number of ether oxygens (including phenoxy) is 1. The first-order valence-corrected chi connectivity index (χ1v) is 12.7. The predicted molar refractivity (Wildman–Crippen MR) is 121 cm³/mol. The van der Waals surface area contributed by atoms with Crippen molar-refractivity contribution in [2.24, 2.45) is 0 Å². The van der Waals surface area contributed by atoms with Gasteiger partial charge < -0.3 is 9.84 Å². The fourth-order valence-corrected chi connectivity index (χ4v) is 5.86. The quantitative estimate of drug-likeness (QED) is 0.349. The van der Waals surface area contributed by atoms with Crippen molar-refractivity contribution >= 4 is 39.3 Å². The van der Waals surface area contributed by atoms with Gasteiger partial charge in [0, 0.05) is 6.07 Å². The number of carbonyl (C=O) groups is 1. The number of nitrogens with zero attached hydrogens (tertiary/aromatic N) is 2. The van der Waals surface area contributed by atoms with Crippen molar-refractivity contribution in [2.45, 2.75) is 35.2 Å². The van der Waals surface area contributed by atoms with Crippen molar-refractivity contribution in [3.8, 4) is 0 Å². The van der Waals surface area contributed by atoms with Crippen LogP contribution in [0.4, 0.5) is 20.6 Å². The van der Waals surface area contributed by atoms with Crippen molar-refractivity contribution in [2.75, 3.05) is 24.3 Å². The number of cyclic esters (lactones) is 1. The molecule has 2 aliphatic heterocycles. The van der Waals surface area contributed by atoms with Crippen LogP contribution < -0.4 is 4.90 Å². The molecule has 0 saturated carbocycles. The maximum atomic E-state index is 14.9. The Balaban J connectivity index is 1.59. The number of carbonyl (C=O) groups excluding carboxylic acids is 1. The third-order valence-corrected chi connectivity index (χ3v) is 8.18. The number of anilines is 1. The molecule has 34 heavy (non-hydrogen) atoms. The van der Waals surface area contributed by atoms with Gasteiger partial charge in [0.25, 0.3) is 15.8 Å². The molecule has 0 bridgehead atoms. The van der Waals surface area contributed by atoms with Gasteiger partial charge in [-0.05, 0) is 54.3 Å². The van der Waals surface area contributed by atoms with Crippen LogP contribution in [0.5, 0.6) is 0 Å². The Labute approximate surface area is 198 Å². The Morgan fingerprint density at radius 3 is 2.65 bits per heavy atom. The van der Waals surface area contributed by atoms with Crippen LogP contribution in [0.2, 0.25) is 0 Å². The minimum absolute atomic E-state index is 0.00156. The van der Waals surface area contributed by atoms with Gasteiger partial charge in [0.15, 0.2) is 6.10 Å². The summed E-state index contributed by atoms with van der Waals surface area (Å²) < 4.78 is 48.4. The van der Waals surface area contributed by atoms with Crippen LogP contribution in [-0.4, -0.2) is 49.4 Å². The molecule has 2 saturated heterocycles. The summed E-state index contributed by atoms with van der Waals surface area (Å²) in [4.78, 5) is 24.1. The molecule has 3 atom stereocenters. The van der Waals surface area contributed by atoms with E-state index in [1.807, 2.05) is 0 Å². The number of benzene rings is 2. The number of rotatable bonds is 6. The molecule has 2 fully saturated rings. The largest absolute Gasteiger partial charge is 0.439 e. The summed E-state index contributed by atoms with van der Waals surface area (Å²) in [5.41, 5.74) is -0.415. The zero-order chi connectivity index (χ0) is 24.6. The lowest BCUT2D eigenvalue weighted by Gasteiger charge is -2.26. The maximum absolute atomic E-state index is 14.9. The average Bonchev–Trinajstić information content (AvgIpc) is 3.20. The van der Waals surface area contributed by atoms with E-state index in [4.69, 9.17) is 4.74 Å². The third-order valence-electron chi connectivity index (χ3n) is 5.86. The van der Waals surface area contributed by atoms with Gasteiger partial charge in [0.1, 0.15) is 10.7 Å². The monoisotopic (exact) mass is 512 g/mol. The Bertz CT molecular complexity index is 1240. The minimum Gasteiger partial charge on any atom is -0.439 e. The van der Waals surface area contributed by atoms with Gasteiger partial charge in [-0.15, -0.1) is 11.8 Å². The molecule has 0 aromatic heterocycles. The highest BCUT2D eigenvalue weighted by molar-refractivity contribution is 7.99. The summed E-state index contributed by atoms with van der Waals surface area (Å²) in [7, 11) is -3.23. The molecular weight excluding hydrogens is 491 g/mol. The predicted octanol–water partition coefficient (Wildman–Crippen LogP) is 3.70. The number of halogens is 1. The Morgan fingerprint density at radius 2 is 2.00 bits per heavy atom. The zero-order valence-electron chi connectivity index (χ0n) is 17.9. The normalized spacial score (nSPS) is 23.1. The molecule has 1 amide bonds. The van der Waals surface area contributed by atoms with Crippen molar-refractivity contribution in [3.63, 3.8) is 0 Å². The number of thioether (sulfide) groups is 1. The smallest absolute Gasteiger partial charge is 0.415 e. The number of hydrogen-bond donors (Lipinski definition) is 1. The molecule has 2 aromatic rings. The Hall–Kier alpha value is -2.74. The van der Waals surface area contributed by atoms with Crippen LogP contribution in [0.15, 0.2) is 41.3 Å². The van der Waals surface area contributed by atoms with E-state index < -0.39 is 49.1 Å². The summed E-state index contributed by atoms with van der Waals surface area (Å²) in [5, 5.41) is 21.4. The molecule has 1 unspecified atom stereocenters. The number of nitro benzene ring substituents is 1. The van der Waals surface area contributed by atoms with Crippen molar-refractivity contribution in [1.82, 2.24) is 0 Å². The lowest BCUT2D eigenvalue weighted by molar-refractivity contribution is -0.386. The fraction of sp³-hybridized carbons (Fsp3) is 0.381. The second-order valence-corrected chi connectivity index (χ2v) is 10.8. The van der Waals surface area contributed by atoms with Crippen LogP contribution in [0.25, 0.3) is 0 Å². The molecule has 4 rings (SSSR count). The van der Waals surface area contributed by atoms with Crippen molar-refractivity contribution in [3.05, 3.63) is 63.5 Å². The molecule has 10 nitrogen and oxygen atoms in total. The molecule has 0 spiro atoms. The topological polar surface area (TPSA) is 136 Å². The van der Waals surface area contributed by atoms with Crippen LogP contribution in [0.3, 0.4) is 0 Å². The number of nitro groups is 1. The first-order valence-electron chi connectivity index (χ1n) is 10.3. The first kappa shape index (κ1) is 24.4. The van der Waals surface area contributed by atoms with Crippen LogP contribution in [-0.2, 0) is 19.0 Å². The van der Waals surface area contributed by atoms with Gasteiger partial charge in [-0.2, -0.15) is 8.42 Å². The van der Waals surface area contributed by atoms with Gasteiger partial charge in [-0.1, -0.05) is 6.07 Å². The molecule has 2 aromatic carbocycles. The second-order valence-electron chi connectivity index (χ2n) is 7.83. The highest BCUT2D eigenvalue weighted by Gasteiger charge is 2.38. The second kappa shape index (κ2) is 9.49. The highest BCUT2D eigenvalue weighted by atomic mass is 32.2. The minimum atomic E-state index is -4.16. The van der Waals surface area contributed by atoms with E-state index >= 15 is 0 Å². The van der Waals surface area contributed by atoms with Gasteiger partial charge in [0.2, 0.25) is 0 Å². The van der Waals surface area contributed by atoms with E-state index in [0.717, 1.165) is 36.3 Å². The molecule has 1 N–H and O–H groups in total. The van der Waals surface area contributed by atoms with E-state index in [1.165, 1.54) is 23.9 Å². The Morgan fingerprint density at radius 1 is 1.26 bits per heavy atom. The first-order chi connectivity index (χ1) is 16.1. The summed E-state index contributed by atoms with van der Waals surface area (Å²) in [6.07, 6.45) is -0.720. The van der Waals surface area contributed by atoms with E-state index in [1.54, 1.807) is 12.1 Å². The molecule has 2 heterocycles. The van der Waals surface area contributed by atoms with Crippen molar-refractivity contribution < 1.29 is 36.6 Å². The van der Waals surface area contributed by atoms with Gasteiger partial charge >= 0.3 is 6.09 Å². The van der Waals surface area contributed by atoms with Gasteiger partial charge in [-0.25, -0.2) is 9.18 Å². The highest BCUT2D eigenvalue weighted by Crippen LogP contribution is 2.39. The number of amides is 1. The van der Waals surface area contributed by atoms with E-state index in [9.17, 15) is 32.8 Å². The molecule has 13 heteroatoms. The van der Waals surface area contributed by atoms with E-state index in [2.05, 4.69) is 4.18 Å². The summed E-state index contributed by atoms with van der Waals surface area (Å²) in [6.45, 7) is -0.131. The summed E-state index contributed by atoms with van der Waals surface area (Å²) in [6, 6.07) is 7.51. The van der Waals surface area contributed by atoms with Crippen LogP contribution >= 0.6 is 11.8 Å². The van der Waals surface area contributed by atoms with Gasteiger partial charge in [0.05, 0.1) is 35.3 Å². The fourth-order valence-electron chi connectivity index (χ4n) is 4.11. The zero-order valence-corrected chi connectivity index (χ0v) is 19.6. The van der Waals surface area contributed by atoms with Crippen LogP contribution in [0.1, 0.15) is 36.0 Å². The number of hydrogen-bond acceptors (Lipinski definition) is 9. The lowest BCUT2D eigenvalue weighted by Crippen LogP contribution is -2.24. The van der Waals surface area contributed by atoms with Crippen LogP contribution in [0, 0.1) is 15.9 Å². The maximum Gasteiger partial charge on any atom is 0.415 e. The average molecular weight is 513 g/mol. The molecular formula is C21H21FN2O8S2. The van der Waals surface area contributed by atoms with E-state index in [0.29, 0.717) is 12.0 Å². The molecule has 0 radical (unpaired) electrons. The van der Waals surface area contributed by atoms with E-state index in [-0.39, 0.29) is 23.7 Å². The standard InChI is InChI=1S/C21H21FN2O8S2/c1-31-34(29,30)14-3-5-16(18(10-14)24(27)28)19-11-23(21(26)32-19)13-2-4-15(17(22)9-13)12-6-7-33-20(25)8-12/h2-5,9-10,12,19-20,25H,6-8,11H2,1H3/t12-,19?,20-/m1/s1. The summed E-state index contributed by atoms with van der Waals surface area (Å²) >= 11 is 1.43. The molecule has 2 aliphatic rings. The number of aliphatic hydroxyl groups is 1. The lowest BCUT2D eigenvalue weighted by atomic mass is 9.92. The molecule has 0 aliphatic carbocycles. The van der Waals surface area contributed by atoms with Crippen molar-refractivity contribution in [1.29, 1.82) is 0 Å².